The van der Waals surface area contributed by atoms with Gasteiger partial charge in [-0.3, -0.25) is 14.5 Å². The minimum atomic E-state index is -0.444. The number of piperazine rings is 1. The molecule has 1 N–H and O–H groups in total. The fourth-order valence-electron chi connectivity index (χ4n) is 4.55. The van der Waals surface area contributed by atoms with Gasteiger partial charge in [0.2, 0.25) is 11.8 Å². The number of halogens is 1. The Hall–Kier alpha value is -1.59. The lowest BCUT2D eigenvalue weighted by Crippen LogP contribution is -2.56. The van der Waals surface area contributed by atoms with Crippen molar-refractivity contribution in [1.82, 2.24) is 15.1 Å². The minimum absolute atomic E-state index is 0.0532. The van der Waals surface area contributed by atoms with E-state index in [1.165, 1.54) is 6.42 Å². The van der Waals surface area contributed by atoms with Gasteiger partial charge in [-0.2, -0.15) is 0 Å². The third-order valence-electron chi connectivity index (χ3n) is 5.97. The quantitative estimate of drug-likeness (QED) is 0.818. The third-order valence-corrected chi connectivity index (χ3v) is 6.21. The molecule has 6 heteroatoms. The van der Waals surface area contributed by atoms with E-state index in [9.17, 15) is 9.59 Å². The minimum Gasteiger partial charge on any atom is -0.353 e. The first kappa shape index (κ1) is 21.1. The zero-order valence-corrected chi connectivity index (χ0v) is 17.8. The summed E-state index contributed by atoms with van der Waals surface area (Å²) in [5, 5.41) is 3.63. The Morgan fingerprint density at radius 3 is 2.39 bits per heavy atom. The second kappa shape index (κ2) is 9.27. The highest BCUT2D eigenvalue weighted by atomic mass is 35.5. The first-order chi connectivity index (χ1) is 13.4. The van der Waals surface area contributed by atoms with Crippen LogP contribution in [0.25, 0.3) is 0 Å². The monoisotopic (exact) mass is 405 g/mol. The Morgan fingerprint density at radius 1 is 1.11 bits per heavy atom. The van der Waals surface area contributed by atoms with Crippen molar-refractivity contribution in [2.24, 2.45) is 0 Å². The zero-order valence-electron chi connectivity index (χ0n) is 17.0. The number of nitrogens with one attached hydrogen (secondary N) is 1. The predicted octanol–water partition coefficient (Wildman–Crippen LogP) is 3.21. The molecular formula is C22H32ClN3O2. The highest BCUT2D eigenvalue weighted by Crippen LogP contribution is 2.41. The maximum atomic E-state index is 13.6. The van der Waals surface area contributed by atoms with Gasteiger partial charge in [-0.05, 0) is 44.4 Å². The van der Waals surface area contributed by atoms with Crippen LogP contribution in [0.2, 0.25) is 5.02 Å². The van der Waals surface area contributed by atoms with E-state index in [1.54, 1.807) is 0 Å². The smallest absolute Gasteiger partial charge is 0.234 e. The number of hydrogen-bond donors (Lipinski definition) is 1. The number of nitrogens with zero attached hydrogens (tertiary/aromatic N) is 2. The van der Waals surface area contributed by atoms with Crippen LogP contribution in [0.4, 0.5) is 0 Å². The molecule has 2 aliphatic rings. The van der Waals surface area contributed by atoms with Crippen molar-refractivity contribution in [1.29, 1.82) is 0 Å². The topological polar surface area (TPSA) is 52.7 Å². The van der Waals surface area contributed by atoms with Crippen molar-refractivity contribution < 1.29 is 9.59 Å². The molecule has 28 heavy (non-hydrogen) atoms. The van der Waals surface area contributed by atoms with E-state index in [-0.39, 0.29) is 17.9 Å². The predicted molar refractivity (Wildman–Crippen MR) is 113 cm³/mol. The van der Waals surface area contributed by atoms with Gasteiger partial charge in [0.05, 0.1) is 12.0 Å². The SMILES string of the molecule is CC(C)NC(=O)CN1CCN(C(=O)C2(c3cccc(Cl)c3)CCCCC2)CC1. The zero-order chi connectivity index (χ0) is 20.1. The summed E-state index contributed by atoms with van der Waals surface area (Å²) in [6, 6.07) is 8.00. The molecule has 0 aromatic heterocycles. The van der Waals surface area contributed by atoms with Crippen LogP contribution in [0.5, 0.6) is 0 Å². The van der Waals surface area contributed by atoms with Gasteiger partial charge in [-0.15, -0.1) is 0 Å². The Labute approximate surface area is 173 Å². The van der Waals surface area contributed by atoms with Gasteiger partial charge in [0.25, 0.3) is 0 Å². The van der Waals surface area contributed by atoms with Crippen LogP contribution in [0.15, 0.2) is 24.3 Å². The van der Waals surface area contributed by atoms with Crippen molar-refractivity contribution in [3.05, 3.63) is 34.9 Å². The molecule has 3 rings (SSSR count). The molecule has 154 valence electrons. The largest absolute Gasteiger partial charge is 0.353 e. The van der Waals surface area contributed by atoms with Gasteiger partial charge >= 0.3 is 0 Å². The number of hydrogen-bond acceptors (Lipinski definition) is 3. The van der Waals surface area contributed by atoms with Crippen LogP contribution in [-0.4, -0.2) is 60.4 Å². The van der Waals surface area contributed by atoms with E-state index in [0.29, 0.717) is 24.7 Å². The molecule has 1 saturated carbocycles. The number of carbonyl (C=O) groups excluding carboxylic acids is 2. The first-order valence-electron chi connectivity index (χ1n) is 10.5. The van der Waals surface area contributed by atoms with Crippen molar-refractivity contribution in [3.8, 4) is 0 Å². The average Bonchev–Trinajstić information content (AvgIpc) is 2.68. The molecule has 0 atom stereocenters. The van der Waals surface area contributed by atoms with Crippen LogP contribution in [0.1, 0.15) is 51.5 Å². The molecule has 5 nitrogen and oxygen atoms in total. The first-order valence-corrected chi connectivity index (χ1v) is 10.9. The average molecular weight is 406 g/mol. The maximum absolute atomic E-state index is 13.6. The molecule has 2 fully saturated rings. The molecule has 1 aromatic carbocycles. The second-order valence-electron chi connectivity index (χ2n) is 8.44. The van der Waals surface area contributed by atoms with Crippen molar-refractivity contribution in [2.45, 2.75) is 57.4 Å². The number of benzene rings is 1. The third kappa shape index (κ3) is 4.87. The summed E-state index contributed by atoms with van der Waals surface area (Å²) >= 11 is 6.25. The lowest BCUT2D eigenvalue weighted by molar-refractivity contribution is -0.140. The highest BCUT2D eigenvalue weighted by molar-refractivity contribution is 6.30. The molecular weight excluding hydrogens is 374 g/mol. The van der Waals surface area contributed by atoms with E-state index < -0.39 is 5.41 Å². The lowest BCUT2D eigenvalue weighted by Gasteiger charge is -2.43. The van der Waals surface area contributed by atoms with Gasteiger partial charge in [-0.25, -0.2) is 0 Å². The van der Waals surface area contributed by atoms with Gasteiger partial charge in [0.15, 0.2) is 0 Å². The van der Waals surface area contributed by atoms with E-state index >= 15 is 0 Å². The Morgan fingerprint density at radius 2 is 1.79 bits per heavy atom. The van der Waals surface area contributed by atoms with Crippen molar-refractivity contribution >= 4 is 23.4 Å². The molecule has 1 aliphatic carbocycles. The standard InChI is InChI=1S/C22H32ClN3O2/c1-17(2)24-20(27)16-25-11-13-26(14-12-25)21(28)22(9-4-3-5-10-22)18-7-6-8-19(23)15-18/h6-8,15,17H,3-5,9-14,16H2,1-2H3,(H,24,27). The highest BCUT2D eigenvalue weighted by Gasteiger charge is 2.44. The fourth-order valence-corrected chi connectivity index (χ4v) is 4.74. The summed E-state index contributed by atoms with van der Waals surface area (Å²) in [7, 11) is 0. The van der Waals surface area contributed by atoms with E-state index in [1.807, 2.05) is 36.9 Å². The van der Waals surface area contributed by atoms with Crippen molar-refractivity contribution in [3.63, 3.8) is 0 Å². The molecule has 1 saturated heterocycles. The van der Waals surface area contributed by atoms with Crippen LogP contribution in [-0.2, 0) is 15.0 Å². The molecule has 0 bridgehead atoms. The van der Waals surface area contributed by atoms with Crippen LogP contribution in [0.3, 0.4) is 0 Å². The summed E-state index contributed by atoms with van der Waals surface area (Å²) in [6.45, 7) is 7.17. The Balaban J connectivity index is 1.67. The molecule has 0 spiro atoms. The number of carbonyl (C=O) groups is 2. The summed E-state index contributed by atoms with van der Waals surface area (Å²) in [4.78, 5) is 29.8. The number of rotatable bonds is 5. The molecule has 1 aromatic rings. The van der Waals surface area contributed by atoms with Crippen LogP contribution < -0.4 is 5.32 Å². The van der Waals surface area contributed by atoms with Gasteiger partial charge in [0, 0.05) is 37.2 Å². The van der Waals surface area contributed by atoms with Crippen LogP contribution >= 0.6 is 11.6 Å². The van der Waals surface area contributed by atoms with Crippen molar-refractivity contribution in [2.75, 3.05) is 32.7 Å². The maximum Gasteiger partial charge on any atom is 0.234 e. The Kier molecular flexibility index (Phi) is 7.00. The summed E-state index contributed by atoms with van der Waals surface area (Å²) < 4.78 is 0. The summed E-state index contributed by atoms with van der Waals surface area (Å²) in [6.07, 6.45) is 5.13. The Bertz CT molecular complexity index is 693. The summed E-state index contributed by atoms with van der Waals surface area (Å²) in [5.41, 5.74) is 0.615. The fraction of sp³-hybridized carbons (Fsp3) is 0.636. The van der Waals surface area contributed by atoms with Gasteiger partial charge in [0.1, 0.15) is 0 Å². The normalized spacial score (nSPS) is 20.2. The van der Waals surface area contributed by atoms with E-state index in [4.69, 9.17) is 11.6 Å². The summed E-state index contributed by atoms with van der Waals surface area (Å²) in [5.74, 6) is 0.290. The molecule has 0 radical (unpaired) electrons. The van der Waals surface area contributed by atoms with Crippen LogP contribution in [0, 0.1) is 0 Å². The molecule has 1 aliphatic heterocycles. The number of amides is 2. The molecule has 0 unspecified atom stereocenters. The van der Waals surface area contributed by atoms with E-state index in [0.717, 1.165) is 44.3 Å². The lowest BCUT2D eigenvalue weighted by atomic mass is 9.68. The molecule has 2 amide bonds. The van der Waals surface area contributed by atoms with E-state index in [2.05, 4.69) is 16.3 Å². The van der Waals surface area contributed by atoms with Gasteiger partial charge < -0.3 is 10.2 Å². The van der Waals surface area contributed by atoms with Gasteiger partial charge in [-0.1, -0.05) is 43.0 Å². The molecule has 1 heterocycles. The second-order valence-corrected chi connectivity index (χ2v) is 8.88.